The van der Waals surface area contributed by atoms with Crippen LogP contribution in [0.3, 0.4) is 0 Å². The molecule has 0 saturated heterocycles. The monoisotopic (exact) mass is 244 g/mol. The molecule has 0 aliphatic heterocycles. The fourth-order valence-electron chi connectivity index (χ4n) is 1.63. The number of aliphatic hydroxyl groups excluding tert-OH is 1. The number of methoxy groups -OCH3 is 2. The fourth-order valence-corrected chi connectivity index (χ4v) is 1.86. The van der Waals surface area contributed by atoms with E-state index in [1.54, 1.807) is 26.4 Å². The highest BCUT2D eigenvalue weighted by molar-refractivity contribution is 6.32. The topological polar surface area (TPSA) is 38.7 Å². The average molecular weight is 245 g/mol. The van der Waals surface area contributed by atoms with Crippen LogP contribution in [0.5, 0.6) is 11.5 Å². The van der Waals surface area contributed by atoms with Gasteiger partial charge in [0.15, 0.2) is 0 Å². The van der Waals surface area contributed by atoms with E-state index in [1.807, 2.05) is 13.8 Å². The molecule has 90 valence electrons. The smallest absolute Gasteiger partial charge is 0.144 e. The van der Waals surface area contributed by atoms with Crippen LogP contribution in [0, 0.1) is 0 Å². The van der Waals surface area contributed by atoms with Crippen molar-refractivity contribution in [3.63, 3.8) is 0 Å². The Morgan fingerprint density at radius 2 is 1.88 bits per heavy atom. The minimum absolute atomic E-state index is 0.0138. The lowest BCUT2D eigenvalue weighted by molar-refractivity contribution is 0.210. The molecular weight excluding hydrogens is 228 g/mol. The predicted octanol–water partition coefficient (Wildman–Crippen LogP) is 2.63. The van der Waals surface area contributed by atoms with Crippen molar-refractivity contribution in [3.8, 4) is 11.5 Å². The Morgan fingerprint density at radius 1 is 1.25 bits per heavy atom. The number of rotatable bonds is 4. The Labute approximate surface area is 101 Å². The summed E-state index contributed by atoms with van der Waals surface area (Å²) < 4.78 is 10.6. The first-order valence-electron chi connectivity index (χ1n) is 4.99. The third-order valence-corrected chi connectivity index (χ3v) is 2.87. The molecule has 0 fully saturated rings. The van der Waals surface area contributed by atoms with E-state index in [-0.39, 0.29) is 6.61 Å². The highest BCUT2D eigenvalue weighted by Crippen LogP contribution is 2.42. The molecule has 1 aromatic carbocycles. The van der Waals surface area contributed by atoms with Crippen LogP contribution in [0.25, 0.3) is 0 Å². The van der Waals surface area contributed by atoms with Gasteiger partial charge in [-0.15, -0.1) is 0 Å². The van der Waals surface area contributed by atoms with Crippen LogP contribution in [0.2, 0.25) is 5.02 Å². The summed E-state index contributed by atoms with van der Waals surface area (Å²) in [7, 11) is 3.14. The first kappa shape index (κ1) is 13.1. The SMILES string of the molecule is COc1ccc(Cl)c(OC)c1C(C)(C)CO. The largest absolute Gasteiger partial charge is 0.496 e. The molecular formula is C12H17ClO3. The molecule has 0 unspecified atom stereocenters. The van der Waals surface area contributed by atoms with Crippen molar-refractivity contribution in [3.05, 3.63) is 22.7 Å². The first-order valence-corrected chi connectivity index (χ1v) is 5.37. The Kier molecular flexibility index (Phi) is 4.05. The van der Waals surface area contributed by atoms with Crippen LogP contribution in [-0.4, -0.2) is 25.9 Å². The molecule has 0 atom stereocenters. The zero-order valence-corrected chi connectivity index (χ0v) is 10.8. The molecule has 1 aromatic rings. The van der Waals surface area contributed by atoms with E-state index in [0.29, 0.717) is 16.5 Å². The highest BCUT2D eigenvalue weighted by atomic mass is 35.5. The molecule has 3 nitrogen and oxygen atoms in total. The van der Waals surface area contributed by atoms with Gasteiger partial charge in [-0.1, -0.05) is 25.4 Å². The first-order chi connectivity index (χ1) is 7.47. The number of hydrogen-bond acceptors (Lipinski definition) is 3. The summed E-state index contributed by atoms with van der Waals surface area (Å²) in [5.74, 6) is 1.22. The van der Waals surface area contributed by atoms with Gasteiger partial charge in [-0.2, -0.15) is 0 Å². The Morgan fingerprint density at radius 3 is 2.31 bits per heavy atom. The van der Waals surface area contributed by atoms with E-state index in [4.69, 9.17) is 21.1 Å². The maximum absolute atomic E-state index is 9.42. The summed E-state index contributed by atoms with van der Waals surface area (Å²) in [5.41, 5.74) is 0.314. The molecule has 0 saturated carbocycles. The minimum atomic E-state index is -0.471. The van der Waals surface area contributed by atoms with Crippen molar-refractivity contribution in [2.24, 2.45) is 0 Å². The molecule has 1 rings (SSSR count). The summed E-state index contributed by atoms with van der Waals surface area (Å²) in [6.07, 6.45) is 0. The van der Waals surface area contributed by atoms with Crippen LogP contribution in [-0.2, 0) is 5.41 Å². The standard InChI is InChI=1S/C12H17ClO3/c1-12(2,7-14)10-9(15-3)6-5-8(13)11(10)16-4/h5-6,14H,7H2,1-4H3. The second-order valence-electron chi connectivity index (χ2n) is 4.20. The lowest BCUT2D eigenvalue weighted by atomic mass is 9.84. The fraction of sp³-hybridized carbons (Fsp3) is 0.500. The molecule has 0 aliphatic rings. The summed E-state index contributed by atoms with van der Waals surface area (Å²) in [6.45, 7) is 3.80. The van der Waals surface area contributed by atoms with Gasteiger partial charge in [0.25, 0.3) is 0 Å². The number of hydrogen-bond donors (Lipinski definition) is 1. The van der Waals surface area contributed by atoms with Gasteiger partial charge >= 0.3 is 0 Å². The molecule has 0 heterocycles. The normalized spacial score (nSPS) is 11.4. The molecule has 0 amide bonds. The zero-order chi connectivity index (χ0) is 12.3. The minimum Gasteiger partial charge on any atom is -0.496 e. The maximum atomic E-state index is 9.42. The molecule has 0 radical (unpaired) electrons. The maximum Gasteiger partial charge on any atom is 0.144 e. The molecule has 4 heteroatoms. The second kappa shape index (κ2) is 4.93. The number of benzene rings is 1. The highest BCUT2D eigenvalue weighted by Gasteiger charge is 2.29. The summed E-state index contributed by atoms with van der Waals surface area (Å²) in [5, 5.41) is 9.94. The Bertz CT molecular complexity index is 375. The number of ether oxygens (including phenoxy) is 2. The van der Waals surface area contributed by atoms with Crippen LogP contribution in [0.1, 0.15) is 19.4 Å². The predicted molar refractivity (Wildman–Crippen MR) is 64.7 cm³/mol. The van der Waals surface area contributed by atoms with Gasteiger partial charge in [-0.3, -0.25) is 0 Å². The molecule has 0 spiro atoms. The van der Waals surface area contributed by atoms with E-state index >= 15 is 0 Å². The molecule has 0 aromatic heterocycles. The van der Waals surface area contributed by atoms with E-state index < -0.39 is 5.41 Å². The van der Waals surface area contributed by atoms with Crippen LogP contribution < -0.4 is 9.47 Å². The number of halogens is 1. The zero-order valence-electron chi connectivity index (χ0n) is 10.0. The van der Waals surface area contributed by atoms with Crippen molar-refractivity contribution in [2.45, 2.75) is 19.3 Å². The van der Waals surface area contributed by atoms with Gasteiger partial charge in [0.2, 0.25) is 0 Å². The van der Waals surface area contributed by atoms with E-state index in [1.165, 1.54) is 0 Å². The van der Waals surface area contributed by atoms with E-state index in [9.17, 15) is 5.11 Å². The third-order valence-electron chi connectivity index (χ3n) is 2.57. The van der Waals surface area contributed by atoms with Gasteiger partial charge < -0.3 is 14.6 Å². The summed E-state index contributed by atoms with van der Waals surface area (Å²) in [4.78, 5) is 0. The van der Waals surface area contributed by atoms with E-state index in [2.05, 4.69) is 0 Å². The van der Waals surface area contributed by atoms with Crippen LogP contribution >= 0.6 is 11.6 Å². The average Bonchev–Trinajstić information content (AvgIpc) is 2.28. The molecule has 1 N–H and O–H groups in total. The quantitative estimate of drug-likeness (QED) is 0.885. The molecule has 16 heavy (non-hydrogen) atoms. The second-order valence-corrected chi connectivity index (χ2v) is 4.61. The summed E-state index contributed by atoms with van der Waals surface area (Å²) >= 11 is 6.06. The van der Waals surface area contributed by atoms with Crippen molar-refractivity contribution in [2.75, 3.05) is 20.8 Å². The summed E-state index contributed by atoms with van der Waals surface area (Å²) in [6, 6.07) is 3.49. The molecule has 0 bridgehead atoms. The van der Waals surface area contributed by atoms with Crippen molar-refractivity contribution >= 4 is 11.6 Å². The van der Waals surface area contributed by atoms with Crippen molar-refractivity contribution in [1.82, 2.24) is 0 Å². The van der Waals surface area contributed by atoms with Crippen molar-refractivity contribution < 1.29 is 14.6 Å². The Balaban J connectivity index is 3.48. The van der Waals surface area contributed by atoms with Crippen LogP contribution in [0.15, 0.2) is 12.1 Å². The van der Waals surface area contributed by atoms with Gasteiger partial charge in [0, 0.05) is 11.0 Å². The van der Waals surface area contributed by atoms with Crippen molar-refractivity contribution in [1.29, 1.82) is 0 Å². The number of aliphatic hydroxyl groups is 1. The Hall–Kier alpha value is -0.930. The van der Waals surface area contributed by atoms with Crippen LogP contribution in [0.4, 0.5) is 0 Å². The lowest BCUT2D eigenvalue weighted by Gasteiger charge is -2.27. The van der Waals surface area contributed by atoms with Gasteiger partial charge in [0.1, 0.15) is 11.5 Å². The third kappa shape index (κ3) is 2.25. The van der Waals surface area contributed by atoms with E-state index in [0.717, 1.165) is 5.56 Å². The molecule has 0 aliphatic carbocycles. The van der Waals surface area contributed by atoms with Gasteiger partial charge in [-0.05, 0) is 12.1 Å². The van der Waals surface area contributed by atoms with Gasteiger partial charge in [-0.25, -0.2) is 0 Å². The lowest BCUT2D eigenvalue weighted by Crippen LogP contribution is -2.24. The van der Waals surface area contributed by atoms with Gasteiger partial charge in [0.05, 0.1) is 25.8 Å².